The molecule has 2 aromatic rings. The van der Waals surface area contributed by atoms with Gasteiger partial charge >= 0.3 is 5.97 Å². The molecule has 0 aliphatic rings. The quantitative estimate of drug-likeness (QED) is 0.440. The zero-order valence-corrected chi connectivity index (χ0v) is 20.2. The largest absolute Gasteiger partial charge is 0.496 e. The van der Waals surface area contributed by atoms with Crippen molar-refractivity contribution >= 4 is 39.7 Å². The van der Waals surface area contributed by atoms with Crippen molar-refractivity contribution in [2.24, 2.45) is 0 Å². The lowest BCUT2D eigenvalue weighted by Gasteiger charge is -2.16. The van der Waals surface area contributed by atoms with E-state index in [-0.39, 0.29) is 5.75 Å². The molecule has 0 fully saturated rings. The molecule has 2 unspecified atom stereocenters. The number of carbonyl (C=O) groups is 2. The van der Waals surface area contributed by atoms with E-state index in [1.165, 1.54) is 33.8 Å². The summed E-state index contributed by atoms with van der Waals surface area (Å²) in [5.41, 5.74) is 1.55. The van der Waals surface area contributed by atoms with Crippen molar-refractivity contribution in [1.29, 1.82) is 0 Å². The molecule has 0 spiro atoms. The molecule has 8 nitrogen and oxygen atoms in total. The van der Waals surface area contributed by atoms with Gasteiger partial charge in [-0.2, -0.15) is 0 Å². The average molecular weight is 497 g/mol. The van der Waals surface area contributed by atoms with E-state index in [0.29, 0.717) is 39.7 Å². The van der Waals surface area contributed by atoms with Gasteiger partial charge in [-0.3, -0.25) is 13.8 Å². The molecule has 2 atom stereocenters. The first-order valence-electron chi connectivity index (χ1n) is 9.67. The smallest absolute Gasteiger partial charge is 0.304 e. The van der Waals surface area contributed by atoms with E-state index in [1.54, 1.807) is 36.4 Å². The maximum Gasteiger partial charge on any atom is 0.304 e. The van der Waals surface area contributed by atoms with Crippen LogP contribution in [0.15, 0.2) is 35.7 Å². The number of hydrogen-bond donors (Lipinski definition) is 1. The fraction of sp³-hybridized carbons (Fsp3) is 0.304. The highest BCUT2D eigenvalue weighted by Gasteiger charge is 2.26. The third-order valence-electron chi connectivity index (χ3n) is 4.77. The van der Waals surface area contributed by atoms with Gasteiger partial charge in [0.2, 0.25) is 5.24 Å². The highest BCUT2D eigenvalue weighted by molar-refractivity contribution is 7.87. The fourth-order valence-electron chi connectivity index (χ4n) is 3.19. The van der Waals surface area contributed by atoms with Gasteiger partial charge in [0, 0.05) is 23.1 Å². The van der Waals surface area contributed by atoms with Crippen LogP contribution in [0, 0.1) is 0 Å². The second-order valence-electron chi connectivity index (χ2n) is 6.80. The van der Waals surface area contributed by atoms with Crippen LogP contribution in [0.1, 0.15) is 29.0 Å². The summed E-state index contributed by atoms with van der Waals surface area (Å²) in [6, 6.07) is 8.25. The van der Waals surface area contributed by atoms with E-state index in [2.05, 4.69) is 0 Å². The van der Waals surface area contributed by atoms with Crippen LogP contribution >= 0.6 is 11.6 Å². The summed E-state index contributed by atoms with van der Waals surface area (Å²) in [5.74, 6) is -0.284. The molecular weight excluding hydrogens is 472 g/mol. The van der Waals surface area contributed by atoms with Gasteiger partial charge in [0.05, 0.1) is 62.9 Å². The maximum atomic E-state index is 12.8. The normalized spacial score (nSPS) is 12.8. The van der Waals surface area contributed by atoms with Crippen molar-refractivity contribution in [1.82, 2.24) is 0 Å². The second-order valence-corrected chi connectivity index (χ2v) is 8.50. The van der Waals surface area contributed by atoms with Crippen LogP contribution in [-0.2, 0) is 26.1 Å². The molecule has 10 heteroatoms. The number of benzene rings is 2. The number of carbonyl (C=O) groups excluding carboxylic acids is 1. The summed E-state index contributed by atoms with van der Waals surface area (Å²) in [4.78, 5) is 23.0. The number of halogens is 1. The Kier molecular flexibility index (Phi) is 9.74. The standard InChI is InChI=1S/C23H25ClO8S/c1-29-15-10-20(31-3)16(21(11-15)32-4)7-8-33(28)13-14-5-6-19(30-2)17(9-14)18(23(24)27)12-22(25)26/h5-11,18H,12-13H2,1-4H3,(H,25,26)/b8-7+. The summed E-state index contributed by atoms with van der Waals surface area (Å²) in [6.07, 6.45) is 1.15. The van der Waals surface area contributed by atoms with Crippen molar-refractivity contribution in [3.63, 3.8) is 0 Å². The number of hydrogen-bond acceptors (Lipinski definition) is 7. The number of methoxy groups -OCH3 is 4. The van der Waals surface area contributed by atoms with E-state index in [9.17, 15) is 13.8 Å². The predicted molar refractivity (Wildman–Crippen MR) is 126 cm³/mol. The summed E-state index contributed by atoms with van der Waals surface area (Å²) in [5, 5.41) is 9.82. The first kappa shape index (κ1) is 26.2. The van der Waals surface area contributed by atoms with Gasteiger partial charge in [-0.25, -0.2) is 0 Å². The van der Waals surface area contributed by atoms with E-state index in [0.717, 1.165) is 0 Å². The minimum Gasteiger partial charge on any atom is -0.496 e. The van der Waals surface area contributed by atoms with Crippen molar-refractivity contribution in [2.75, 3.05) is 28.4 Å². The molecule has 2 aromatic carbocycles. The Hall–Kier alpha value is -3.04. The van der Waals surface area contributed by atoms with E-state index >= 15 is 0 Å². The number of ether oxygens (including phenoxy) is 4. The molecule has 2 rings (SSSR count). The number of aliphatic carboxylic acids is 1. The number of rotatable bonds is 12. The molecule has 0 bridgehead atoms. The topological polar surface area (TPSA) is 108 Å². The van der Waals surface area contributed by atoms with Crippen LogP contribution in [0.25, 0.3) is 6.08 Å². The van der Waals surface area contributed by atoms with Gasteiger partial charge in [-0.15, -0.1) is 0 Å². The van der Waals surface area contributed by atoms with Crippen LogP contribution in [0.4, 0.5) is 0 Å². The van der Waals surface area contributed by atoms with Crippen LogP contribution in [0.3, 0.4) is 0 Å². The lowest BCUT2D eigenvalue weighted by molar-refractivity contribution is -0.138. The highest BCUT2D eigenvalue weighted by atomic mass is 35.5. The zero-order valence-electron chi connectivity index (χ0n) is 18.6. The summed E-state index contributed by atoms with van der Waals surface area (Å²) in [6.45, 7) is 0. The van der Waals surface area contributed by atoms with Crippen molar-refractivity contribution in [3.8, 4) is 23.0 Å². The molecule has 0 aliphatic heterocycles. The Morgan fingerprint density at radius 1 is 1.00 bits per heavy atom. The lowest BCUT2D eigenvalue weighted by Crippen LogP contribution is -2.14. The van der Waals surface area contributed by atoms with Crippen LogP contribution in [0.2, 0.25) is 0 Å². The summed E-state index contributed by atoms with van der Waals surface area (Å²) in [7, 11) is 4.50. The summed E-state index contributed by atoms with van der Waals surface area (Å²) < 4.78 is 34.0. The fourth-order valence-corrected chi connectivity index (χ4v) is 4.27. The molecule has 1 N–H and O–H groups in total. The Morgan fingerprint density at radius 3 is 2.09 bits per heavy atom. The lowest BCUT2D eigenvalue weighted by atomic mass is 9.94. The molecule has 0 radical (unpaired) electrons. The monoisotopic (exact) mass is 496 g/mol. The SMILES string of the molecule is COc1cc(OC)c(/C=C/S(=O)Cc2ccc(OC)c(C(CC(=O)O)C(=O)Cl)c2)c(OC)c1. The van der Waals surface area contributed by atoms with Gasteiger partial charge in [0.15, 0.2) is 0 Å². The van der Waals surface area contributed by atoms with Crippen LogP contribution < -0.4 is 18.9 Å². The van der Waals surface area contributed by atoms with E-state index in [1.807, 2.05) is 0 Å². The Labute approximate surface area is 199 Å². The maximum absolute atomic E-state index is 12.8. The van der Waals surface area contributed by atoms with Crippen LogP contribution in [-0.4, -0.2) is 49.0 Å². The third kappa shape index (κ3) is 6.97. The molecule has 0 saturated heterocycles. The molecule has 0 aliphatic carbocycles. The first-order valence-corrected chi connectivity index (χ1v) is 11.4. The van der Waals surface area contributed by atoms with Gasteiger partial charge in [0.1, 0.15) is 23.0 Å². The number of carboxylic acid groups (broad SMARTS) is 1. The molecule has 0 aromatic heterocycles. The third-order valence-corrected chi connectivity index (χ3v) is 6.09. The van der Waals surface area contributed by atoms with E-state index in [4.69, 9.17) is 35.7 Å². The average Bonchev–Trinajstić information content (AvgIpc) is 2.80. The molecule has 0 saturated carbocycles. The van der Waals surface area contributed by atoms with Crippen LogP contribution in [0.5, 0.6) is 23.0 Å². The van der Waals surface area contributed by atoms with Gasteiger partial charge in [-0.05, 0) is 29.3 Å². The predicted octanol–water partition coefficient (Wildman–Crippen LogP) is 3.96. The second kappa shape index (κ2) is 12.3. The van der Waals surface area contributed by atoms with Gasteiger partial charge < -0.3 is 24.1 Å². The van der Waals surface area contributed by atoms with Crippen molar-refractivity contribution < 1.29 is 37.9 Å². The zero-order chi connectivity index (χ0) is 24.5. The summed E-state index contributed by atoms with van der Waals surface area (Å²) >= 11 is 5.64. The molecule has 0 amide bonds. The highest BCUT2D eigenvalue weighted by Crippen LogP contribution is 2.35. The van der Waals surface area contributed by atoms with Gasteiger partial charge in [-0.1, -0.05) is 12.1 Å². The Morgan fingerprint density at radius 2 is 1.61 bits per heavy atom. The molecule has 178 valence electrons. The van der Waals surface area contributed by atoms with Crippen molar-refractivity contribution in [3.05, 3.63) is 52.4 Å². The van der Waals surface area contributed by atoms with E-state index < -0.39 is 34.4 Å². The Balaban J connectivity index is 2.32. The first-order chi connectivity index (χ1) is 15.7. The van der Waals surface area contributed by atoms with Gasteiger partial charge in [0.25, 0.3) is 0 Å². The number of carboxylic acids is 1. The molecular formula is C23H25ClO8S. The van der Waals surface area contributed by atoms with Crippen molar-refractivity contribution in [2.45, 2.75) is 18.1 Å². The molecule has 0 heterocycles. The minimum absolute atomic E-state index is 0.116. The minimum atomic E-state index is -1.45. The molecule has 33 heavy (non-hydrogen) atoms. The Bertz CT molecular complexity index is 1040.